The van der Waals surface area contributed by atoms with Gasteiger partial charge in [0.2, 0.25) is 0 Å². The fraction of sp³-hybridized carbons (Fsp3) is 0. The minimum Gasteiger partial charge on any atom is -0.507 e. The fourth-order valence-corrected chi connectivity index (χ4v) is 2.85. The van der Waals surface area contributed by atoms with E-state index in [-0.39, 0.29) is 28.0 Å². The average molecular weight is 334 g/mol. The summed E-state index contributed by atoms with van der Waals surface area (Å²) < 4.78 is 0. The zero-order chi connectivity index (χ0) is 18.0. The van der Waals surface area contributed by atoms with Crippen LogP contribution in [-0.2, 0) is 0 Å². The number of phenolic OH excluding ortho intramolecular Hbond substituents is 1. The molecule has 0 spiro atoms. The van der Waals surface area contributed by atoms with Crippen LogP contribution in [0.3, 0.4) is 0 Å². The molecule has 0 unspecified atom stereocenters. The first-order chi connectivity index (χ1) is 12.0. The van der Waals surface area contributed by atoms with Gasteiger partial charge in [-0.1, -0.05) is 60.7 Å². The third-order valence-electron chi connectivity index (χ3n) is 3.88. The predicted octanol–water partition coefficient (Wildman–Crippen LogP) is 4.12. The van der Waals surface area contributed by atoms with Crippen LogP contribution in [0, 0.1) is 0 Å². The zero-order valence-corrected chi connectivity index (χ0v) is 13.0. The van der Waals surface area contributed by atoms with E-state index in [1.54, 1.807) is 60.7 Å². The van der Waals surface area contributed by atoms with Gasteiger partial charge in [-0.25, -0.2) is 9.59 Å². The average Bonchev–Trinajstić information content (AvgIpc) is 2.62. The first-order valence-corrected chi connectivity index (χ1v) is 7.48. The topological polar surface area (TPSA) is 94.8 Å². The number of aromatic carboxylic acids is 2. The molecule has 124 valence electrons. The molecule has 0 heterocycles. The van der Waals surface area contributed by atoms with Gasteiger partial charge in [0.15, 0.2) is 0 Å². The summed E-state index contributed by atoms with van der Waals surface area (Å²) in [5.41, 5.74) is 0.603. The number of carboxylic acids is 2. The summed E-state index contributed by atoms with van der Waals surface area (Å²) in [6, 6.07) is 18.0. The molecule has 3 N–H and O–H groups in total. The Labute approximate surface area is 143 Å². The molecule has 0 saturated carbocycles. The summed E-state index contributed by atoms with van der Waals surface area (Å²) in [4.78, 5) is 23.7. The number of hydrogen-bond acceptors (Lipinski definition) is 3. The lowest BCUT2D eigenvalue weighted by atomic mass is 9.87. The third kappa shape index (κ3) is 2.95. The van der Waals surface area contributed by atoms with Crippen molar-refractivity contribution in [3.05, 3.63) is 77.9 Å². The van der Waals surface area contributed by atoms with E-state index in [9.17, 15) is 24.9 Å². The Kier molecular flexibility index (Phi) is 4.22. The molecule has 25 heavy (non-hydrogen) atoms. The van der Waals surface area contributed by atoms with Crippen LogP contribution < -0.4 is 0 Å². The van der Waals surface area contributed by atoms with Crippen molar-refractivity contribution in [2.45, 2.75) is 0 Å². The molecular weight excluding hydrogens is 320 g/mol. The van der Waals surface area contributed by atoms with E-state index in [1.807, 2.05) is 0 Å². The number of aromatic hydroxyl groups is 1. The van der Waals surface area contributed by atoms with E-state index in [4.69, 9.17) is 0 Å². The van der Waals surface area contributed by atoms with Gasteiger partial charge >= 0.3 is 11.9 Å². The standard InChI is InChI=1S/C20H14O5/c21-15-11-14(19(22)23)16(12-7-3-1-4-8-12)18(20(24)25)17(15)13-9-5-2-6-10-13/h1-11,21H,(H,22,23)(H,24,25). The Bertz CT molecular complexity index is 947. The Morgan fingerprint density at radius 1 is 0.680 bits per heavy atom. The maximum atomic E-state index is 12.0. The van der Waals surface area contributed by atoms with Gasteiger partial charge in [0.1, 0.15) is 5.75 Å². The quantitative estimate of drug-likeness (QED) is 0.667. The van der Waals surface area contributed by atoms with Gasteiger partial charge in [-0.05, 0) is 17.2 Å². The molecule has 0 atom stereocenters. The maximum Gasteiger partial charge on any atom is 0.337 e. The molecule has 0 aliphatic heterocycles. The lowest BCUT2D eigenvalue weighted by Crippen LogP contribution is -2.09. The lowest BCUT2D eigenvalue weighted by Gasteiger charge is -2.17. The zero-order valence-electron chi connectivity index (χ0n) is 13.0. The highest BCUT2D eigenvalue weighted by Crippen LogP contribution is 2.41. The SMILES string of the molecule is O=C(O)c1cc(O)c(-c2ccccc2)c(C(=O)O)c1-c1ccccc1. The molecule has 3 aromatic carbocycles. The van der Waals surface area contributed by atoms with Gasteiger partial charge in [-0.2, -0.15) is 0 Å². The summed E-state index contributed by atoms with van der Waals surface area (Å²) in [5.74, 6) is -3.01. The molecule has 0 amide bonds. The normalized spacial score (nSPS) is 10.4. The van der Waals surface area contributed by atoms with Gasteiger partial charge in [-0.15, -0.1) is 0 Å². The number of benzene rings is 3. The summed E-state index contributed by atoms with van der Waals surface area (Å²) in [6.07, 6.45) is 0. The maximum absolute atomic E-state index is 12.0. The van der Waals surface area contributed by atoms with Crippen molar-refractivity contribution in [3.8, 4) is 28.0 Å². The van der Waals surface area contributed by atoms with Crippen LogP contribution >= 0.6 is 0 Å². The van der Waals surface area contributed by atoms with E-state index >= 15 is 0 Å². The molecule has 5 nitrogen and oxygen atoms in total. The van der Waals surface area contributed by atoms with Crippen molar-refractivity contribution in [1.82, 2.24) is 0 Å². The van der Waals surface area contributed by atoms with Gasteiger partial charge in [0, 0.05) is 11.1 Å². The van der Waals surface area contributed by atoms with Crippen molar-refractivity contribution in [2.24, 2.45) is 0 Å². The first kappa shape index (κ1) is 16.3. The molecule has 0 aliphatic rings. The van der Waals surface area contributed by atoms with Crippen LogP contribution in [0.4, 0.5) is 0 Å². The second-order valence-corrected chi connectivity index (χ2v) is 5.41. The Morgan fingerprint density at radius 2 is 1.16 bits per heavy atom. The van der Waals surface area contributed by atoms with E-state index in [0.717, 1.165) is 6.07 Å². The largest absolute Gasteiger partial charge is 0.507 e. The van der Waals surface area contributed by atoms with Gasteiger partial charge < -0.3 is 15.3 Å². The van der Waals surface area contributed by atoms with Crippen molar-refractivity contribution in [2.75, 3.05) is 0 Å². The van der Waals surface area contributed by atoms with E-state index in [0.29, 0.717) is 11.1 Å². The van der Waals surface area contributed by atoms with Crippen molar-refractivity contribution in [1.29, 1.82) is 0 Å². The highest BCUT2D eigenvalue weighted by atomic mass is 16.4. The summed E-state index contributed by atoms with van der Waals surface area (Å²) >= 11 is 0. The molecule has 3 aromatic rings. The van der Waals surface area contributed by atoms with Crippen LogP contribution in [0.25, 0.3) is 22.3 Å². The van der Waals surface area contributed by atoms with Crippen LogP contribution in [0.15, 0.2) is 66.7 Å². The molecule has 0 fully saturated rings. The molecule has 0 aromatic heterocycles. The highest BCUT2D eigenvalue weighted by Gasteiger charge is 2.27. The Hall–Kier alpha value is -3.60. The number of rotatable bonds is 4. The molecule has 3 rings (SSSR count). The van der Waals surface area contributed by atoms with Crippen molar-refractivity contribution >= 4 is 11.9 Å². The Balaban J connectivity index is 2.47. The van der Waals surface area contributed by atoms with Crippen LogP contribution in [-0.4, -0.2) is 27.3 Å². The summed E-state index contributed by atoms with van der Waals surface area (Å²) in [7, 11) is 0. The monoisotopic (exact) mass is 334 g/mol. The number of phenols is 1. The van der Waals surface area contributed by atoms with Gasteiger partial charge in [-0.3, -0.25) is 0 Å². The number of carbonyl (C=O) groups is 2. The second kappa shape index (κ2) is 6.49. The van der Waals surface area contributed by atoms with Crippen LogP contribution in [0.5, 0.6) is 5.75 Å². The minimum absolute atomic E-state index is 0.0669. The second-order valence-electron chi connectivity index (χ2n) is 5.41. The van der Waals surface area contributed by atoms with E-state index in [2.05, 4.69) is 0 Å². The first-order valence-electron chi connectivity index (χ1n) is 7.48. The van der Waals surface area contributed by atoms with Gasteiger partial charge in [0.25, 0.3) is 0 Å². The van der Waals surface area contributed by atoms with E-state index < -0.39 is 11.9 Å². The van der Waals surface area contributed by atoms with Crippen LogP contribution in [0.2, 0.25) is 0 Å². The molecule has 0 bridgehead atoms. The van der Waals surface area contributed by atoms with Crippen LogP contribution in [0.1, 0.15) is 20.7 Å². The van der Waals surface area contributed by atoms with Crippen molar-refractivity contribution in [3.63, 3.8) is 0 Å². The minimum atomic E-state index is -1.31. The summed E-state index contributed by atoms with van der Waals surface area (Å²) in [6.45, 7) is 0. The molecule has 5 heteroatoms. The smallest absolute Gasteiger partial charge is 0.337 e. The Morgan fingerprint density at radius 3 is 1.60 bits per heavy atom. The lowest BCUT2D eigenvalue weighted by molar-refractivity contribution is 0.0696. The molecule has 0 radical (unpaired) electrons. The molecular formula is C20H14O5. The van der Waals surface area contributed by atoms with Crippen molar-refractivity contribution < 1.29 is 24.9 Å². The molecule has 0 aliphatic carbocycles. The third-order valence-corrected chi connectivity index (χ3v) is 3.88. The highest BCUT2D eigenvalue weighted by molar-refractivity contribution is 6.10. The van der Waals surface area contributed by atoms with Gasteiger partial charge in [0.05, 0.1) is 11.1 Å². The number of hydrogen-bond donors (Lipinski definition) is 3. The van der Waals surface area contributed by atoms with E-state index in [1.165, 1.54) is 0 Å². The number of carboxylic acid groups (broad SMARTS) is 2. The molecule has 0 saturated heterocycles. The summed E-state index contributed by atoms with van der Waals surface area (Å²) in [5, 5.41) is 29.7. The fourth-order valence-electron chi connectivity index (χ4n) is 2.85. The predicted molar refractivity (Wildman–Crippen MR) is 92.9 cm³/mol.